The number of anilines is 2. The van der Waals surface area contributed by atoms with Crippen molar-refractivity contribution in [3.63, 3.8) is 0 Å². The summed E-state index contributed by atoms with van der Waals surface area (Å²) in [6.07, 6.45) is 1.59. The zero-order valence-electron chi connectivity index (χ0n) is 13.1. The number of nitrogens with two attached hydrogens (primary N) is 1. The highest BCUT2D eigenvalue weighted by molar-refractivity contribution is 5.67. The van der Waals surface area contributed by atoms with Gasteiger partial charge in [-0.15, -0.1) is 0 Å². The average molecular weight is 291 g/mol. The van der Waals surface area contributed by atoms with E-state index < -0.39 is 5.60 Å². The predicted octanol–water partition coefficient (Wildman–Crippen LogP) is 2.55. The number of carbonyl (C=O) groups excluding carboxylic acids is 1. The minimum absolute atomic E-state index is 0.353. The Hall–Kier alpha value is -1.91. The molecule has 1 amide bonds. The van der Waals surface area contributed by atoms with Gasteiger partial charge in [0.2, 0.25) is 0 Å². The van der Waals surface area contributed by atoms with Crippen molar-refractivity contribution in [3.8, 4) is 0 Å². The zero-order valence-corrected chi connectivity index (χ0v) is 13.1. The SMILES string of the molecule is CC(C)(C)OC(=O)NCCCN1CCc2ccc(N)cc21. The first-order chi connectivity index (χ1) is 9.85. The van der Waals surface area contributed by atoms with Crippen molar-refractivity contribution < 1.29 is 9.53 Å². The lowest BCUT2D eigenvalue weighted by Crippen LogP contribution is -2.34. The smallest absolute Gasteiger partial charge is 0.407 e. The van der Waals surface area contributed by atoms with Gasteiger partial charge in [-0.2, -0.15) is 0 Å². The largest absolute Gasteiger partial charge is 0.444 e. The van der Waals surface area contributed by atoms with Crippen LogP contribution in [0.5, 0.6) is 0 Å². The Bertz CT molecular complexity index is 509. The zero-order chi connectivity index (χ0) is 15.5. The topological polar surface area (TPSA) is 67.6 Å². The van der Waals surface area contributed by atoms with Gasteiger partial charge in [0.15, 0.2) is 0 Å². The number of hydrogen-bond donors (Lipinski definition) is 2. The minimum Gasteiger partial charge on any atom is -0.444 e. The molecule has 0 aliphatic carbocycles. The Balaban J connectivity index is 1.74. The molecule has 21 heavy (non-hydrogen) atoms. The molecule has 1 aliphatic heterocycles. The van der Waals surface area contributed by atoms with Crippen LogP contribution in [0, 0.1) is 0 Å². The molecule has 1 heterocycles. The fraction of sp³-hybridized carbons (Fsp3) is 0.562. The number of nitrogens with one attached hydrogen (secondary N) is 1. The van der Waals surface area contributed by atoms with Crippen LogP contribution in [0.2, 0.25) is 0 Å². The number of nitrogen functional groups attached to an aromatic ring is 1. The van der Waals surface area contributed by atoms with E-state index in [4.69, 9.17) is 10.5 Å². The van der Waals surface area contributed by atoms with Gasteiger partial charge in [-0.3, -0.25) is 0 Å². The van der Waals surface area contributed by atoms with Crippen LogP contribution in [-0.4, -0.2) is 31.3 Å². The number of rotatable bonds is 4. The third-order valence-corrected chi connectivity index (χ3v) is 3.37. The van der Waals surface area contributed by atoms with Crippen LogP contribution in [0.15, 0.2) is 18.2 Å². The Morgan fingerprint density at radius 2 is 2.19 bits per heavy atom. The third kappa shape index (κ3) is 4.55. The molecule has 5 nitrogen and oxygen atoms in total. The number of nitrogens with zero attached hydrogens (tertiary/aromatic N) is 1. The lowest BCUT2D eigenvalue weighted by molar-refractivity contribution is 0.0527. The van der Waals surface area contributed by atoms with Crippen LogP contribution in [-0.2, 0) is 11.2 Å². The lowest BCUT2D eigenvalue weighted by atomic mass is 10.1. The highest BCUT2D eigenvalue weighted by atomic mass is 16.6. The van der Waals surface area contributed by atoms with E-state index in [9.17, 15) is 4.79 Å². The molecule has 0 atom stereocenters. The van der Waals surface area contributed by atoms with Crippen LogP contribution in [0.4, 0.5) is 16.2 Å². The van der Waals surface area contributed by atoms with E-state index in [1.807, 2.05) is 32.9 Å². The van der Waals surface area contributed by atoms with Crippen molar-refractivity contribution in [2.75, 3.05) is 30.3 Å². The van der Waals surface area contributed by atoms with Crippen LogP contribution < -0.4 is 16.0 Å². The molecule has 0 aromatic heterocycles. The first kappa shape index (κ1) is 15.5. The van der Waals surface area contributed by atoms with E-state index in [0.29, 0.717) is 6.54 Å². The van der Waals surface area contributed by atoms with Gasteiger partial charge in [0.25, 0.3) is 0 Å². The fourth-order valence-corrected chi connectivity index (χ4v) is 2.47. The maximum absolute atomic E-state index is 11.5. The molecule has 0 fully saturated rings. The van der Waals surface area contributed by atoms with Crippen molar-refractivity contribution in [2.45, 2.75) is 39.2 Å². The monoisotopic (exact) mass is 291 g/mol. The normalized spacial score (nSPS) is 14.0. The molecule has 1 aliphatic rings. The summed E-state index contributed by atoms with van der Waals surface area (Å²) in [4.78, 5) is 13.9. The summed E-state index contributed by atoms with van der Waals surface area (Å²) < 4.78 is 5.20. The predicted molar refractivity (Wildman–Crippen MR) is 85.6 cm³/mol. The maximum Gasteiger partial charge on any atom is 0.407 e. The summed E-state index contributed by atoms with van der Waals surface area (Å²) in [5, 5.41) is 2.79. The Morgan fingerprint density at radius 3 is 2.90 bits per heavy atom. The molecule has 5 heteroatoms. The molecule has 0 radical (unpaired) electrons. The summed E-state index contributed by atoms with van der Waals surface area (Å²) in [6.45, 7) is 8.12. The van der Waals surface area contributed by atoms with E-state index in [-0.39, 0.29) is 6.09 Å². The molecule has 0 unspecified atom stereocenters. The Morgan fingerprint density at radius 1 is 1.43 bits per heavy atom. The molecular formula is C16H25N3O2. The van der Waals surface area contributed by atoms with Gasteiger partial charge in [-0.05, 0) is 51.3 Å². The lowest BCUT2D eigenvalue weighted by Gasteiger charge is -2.21. The number of benzene rings is 1. The van der Waals surface area contributed by atoms with E-state index in [0.717, 1.165) is 31.6 Å². The number of amides is 1. The fourth-order valence-electron chi connectivity index (χ4n) is 2.47. The first-order valence-corrected chi connectivity index (χ1v) is 7.45. The van der Waals surface area contributed by atoms with Gasteiger partial charge in [0.1, 0.15) is 5.60 Å². The van der Waals surface area contributed by atoms with Crippen molar-refractivity contribution in [2.24, 2.45) is 0 Å². The number of fused-ring (bicyclic) bond motifs is 1. The minimum atomic E-state index is -0.449. The van der Waals surface area contributed by atoms with E-state index >= 15 is 0 Å². The second-order valence-corrected chi connectivity index (χ2v) is 6.41. The van der Waals surface area contributed by atoms with Gasteiger partial charge < -0.3 is 20.7 Å². The Kier molecular flexibility index (Phi) is 4.60. The van der Waals surface area contributed by atoms with Crippen molar-refractivity contribution in [3.05, 3.63) is 23.8 Å². The highest BCUT2D eigenvalue weighted by Crippen LogP contribution is 2.29. The summed E-state index contributed by atoms with van der Waals surface area (Å²) in [5.74, 6) is 0. The highest BCUT2D eigenvalue weighted by Gasteiger charge is 2.19. The molecule has 116 valence electrons. The maximum atomic E-state index is 11.5. The van der Waals surface area contributed by atoms with E-state index in [1.165, 1.54) is 11.3 Å². The first-order valence-electron chi connectivity index (χ1n) is 7.45. The van der Waals surface area contributed by atoms with Gasteiger partial charge in [-0.1, -0.05) is 6.07 Å². The second kappa shape index (κ2) is 6.24. The molecule has 0 saturated carbocycles. The van der Waals surface area contributed by atoms with Gasteiger partial charge in [0.05, 0.1) is 0 Å². The van der Waals surface area contributed by atoms with E-state index in [1.54, 1.807) is 0 Å². The van der Waals surface area contributed by atoms with Gasteiger partial charge in [-0.25, -0.2) is 4.79 Å². The molecule has 2 rings (SSSR count). The van der Waals surface area contributed by atoms with Crippen LogP contribution in [0.3, 0.4) is 0 Å². The van der Waals surface area contributed by atoms with Crippen LogP contribution in [0.1, 0.15) is 32.8 Å². The standard InChI is InChI=1S/C16H25N3O2/c1-16(2,3)21-15(20)18-8-4-9-19-10-7-12-5-6-13(17)11-14(12)19/h5-6,11H,4,7-10,17H2,1-3H3,(H,18,20). The Labute approximate surface area is 126 Å². The molecule has 0 saturated heterocycles. The summed E-state index contributed by atoms with van der Waals surface area (Å²) in [7, 11) is 0. The summed E-state index contributed by atoms with van der Waals surface area (Å²) >= 11 is 0. The molecule has 1 aromatic carbocycles. The molecule has 1 aromatic rings. The average Bonchev–Trinajstić information content (AvgIpc) is 2.75. The summed E-state index contributed by atoms with van der Waals surface area (Å²) in [6, 6.07) is 6.08. The second-order valence-electron chi connectivity index (χ2n) is 6.41. The van der Waals surface area contributed by atoms with Crippen molar-refractivity contribution >= 4 is 17.5 Å². The van der Waals surface area contributed by atoms with Crippen molar-refractivity contribution in [1.29, 1.82) is 0 Å². The van der Waals surface area contributed by atoms with Crippen LogP contribution in [0.25, 0.3) is 0 Å². The molecular weight excluding hydrogens is 266 g/mol. The number of hydrogen-bond acceptors (Lipinski definition) is 4. The quantitative estimate of drug-likeness (QED) is 0.661. The number of ether oxygens (including phenoxy) is 1. The van der Waals surface area contributed by atoms with E-state index in [2.05, 4.69) is 16.3 Å². The van der Waals surface area contributed by atoms with Gasteiger partial charge >= 0.3 is 6.09 Å². The number of alkyl carbamates (subject to hydrolysis) is 1. The third-order valence-electron chi connectivity index (χ3n) is 3.37. The molecule has 0 bridgehead atoms. The van der Waals surface area contributed by atoms with Gasteiger partial charge in [0, 0.05) is 31.0 Å². The number of carbonyl (C=O) groups is 1. The molecule has 3 N–H and O–H groups in total. The van der Waals surface area contributed by atoms with Crippen LogP contribution >= 0.6 is 0 Å². The molecule has 0 spiro atoms. The van der Waals surface area contributed by atoms with Crippen molar-refractivity contribution in [1.82, 2.24) is 5.32 Å². The summed E-state index contributed by atoms with van der Waals surface area (Å²) in [5.41, 5.74) is 8.78.